The minimum absolute atomic E-state index is 0.144. The SMILES string of the molecule is CN(C)CCc1cc(N)ccc1[N+](=O)[O-]. The molecule has 2 N–H and O–H groups in total. The van der Waals surface area contributed by atoms with Gasteiger partial charge < -0.3 is 10.6 Å². The average molecular weight is 209 g/mol. The number of nitrogens with two attached hydrogens (primary N) is 1. The number of nitrogens with zero attached hydrogens (tertiary/aromatic N) is 2. The number of rotatable bonds is 4. The molecule has 0 aliphatic heterocycles. The van der Waals surface area contributed by atoms with E-state index in [1.807, 2.05) is 19.0 Å². The normalized spacial score (nSPS) is 10.6. The third-order valence-electron chi connectivity index (χ3n) is 2.13. The van der Waals surface area contributed by atoms with Crippen LogP contribution in [0.15, 0.2) is 18.2 Å². The van der Waals surface area contributed by atoms with Crippen molar-refractivity contribution in [2.24, 2.45) is 0 Å². The Balaban J connectivity index is 2.92. The summed E-state index contributed by atoms with van der Waals surface area (Å²) in [6.45, 7) is 0.768. The van der Waals surface area contributed by atoms with Gasteiger partial charge in [-0.3, -0.25) is 10.1 Å². The van der Waals surface area contributed by atoms with Crippen LogP contribution < -0.4 is 5.73 Å². The summed E-state index contributed by atoms with van der Waals surface area (Å²) in [7, 11) is 3.86. The zero-order valence-electron chi connectivity index (χ0n) is 8.93. The minimum atomic E-state index is -0.371. The molecule has 0 saturated heterocycles. The molecule has 0 atom stereocenters. The van der Waals surface area contributed by atoms with Crippen LogP contribution in [0.4, 0.5) is 11.4 Å². The molecule has 0 aromatic heterocycles. The molecule has 0 unspecified atom stereocenters. The van der Waals surface area contributed by atoms with Gasteiger partial charge in [0, 0.05) is 23.9 Å². The summed E-state index contributed by atoms with van der Waals surface area (Å²) >= 11 is 0. The van der Waals surface area contributed by atoms with Crippen molar-refractivity contribution in [2.75, 3.05) is 26.4 Å². The lowest BCUT2D eigenvalue weighted by molar-refractivity contribution is -0.385. The highest BCUT2D eigenvalue weighted by Gasteiger charge is 2.13. The van der Waals surface area contributed by atoms with Crippen molar-refractivity contribution < 1.29 is 4.92 Å². The van der Waals surface area contributed by atoms with E-state index in [4.69, 9.17) is 5.73 Å². The first-order valence-electron chi connectivity index (χ1n) is 4.68. The molecule has 0 radical (unpaired) electrons. The minimum Gasteiger partial charge on any atom is -0.399 e. The smallest absolute Gasteiger partial charge is 0.272 e. The van der Waals surface area contributed by atoms with Crippen LogP contribution in [0.2, 0.25) is 0 Å². The summed E-state index contributed by atoms with van der Waals surface area (Å²) in [4.78, 5) is 12.3. The zero-order chi connectivity index (χ0) is 11.4. The molecule has 0 spiro atoms. The first kappa shape index (κ1) is 11.5. The molecule has 0 aliphatic carbocycles. The Morgan fingerprint density at radius 2 is 2.13 bits per heavy atom. The first-order valence-corrected chi connectivity index (χ1v) is 4.68. The summed E-state index contributed by atoms with van der Waals surface area (Å²) in [5, 5.41) is 10.7. The van der Waals surface area contributed by atoms with E-state index in [1.54, 1.807) is 12.1 Å². The highest BCUT2D eigenvalue weighted by Crippen LogP contribution is 2.21. The topological polar surface area (TPSA) is 72.4 Å². The summed E-state index contributed by atoms with van der Waals surface area (Å²) in [6, 6.07) is 4.68. The van der Waals surface area contributed by atoms with Crippen LogP contribution >= 0.6 is 0 Å². The van der Waals surface area contributed by atoms with Crippen LogP contribution in [-0.4, -0.2) is 30.5 Å². The number of nitrogen functional groups attached to an aromatic ring is 1. The van der Waals surface area contributed by atoms with Crippen molar-refractivity contribution in [3.63, 3.8) is 0 Å². The van der Waals surface area contributed by atoms with Gasteiger partial charge in [0.1, 0.15) is 0 Å². The van der Waals surface area contributed by atoms with E-state index < -0.39 is 0 Å². The van der Waals surface area contributed by atoms with E-state index in [2.05, 4.69) is 0 Å². The summed E-state index contributed by atoms with van der Waals surface area (Å²) in [5.74, 6) is 0. The maximum absolute atomic E-state index is 10.7. The molecule has 0 amide bonds. The second-order valence-corrected chi connectivity index (χ2v) is 3.70. The Morgan fingerprint density at radius 1 is 1.47 bits per heavy atom. The third kappa shape index (κ3) is 3.21. The molecule has 82 valence electrons. The number of nitro groups is 1. The van der Waals surface area contributed by atoms with Crippen molar-refractivity contribution in [1.82, 2.24) is 4.90 Å². The van der Waals surface area contributed by atoms with E-state index in [1.165, 1.54) is 6.07 Å². The number of likely N-dealkylation sites (N-methyl/N-ethyl adjacent to an activating group) is 1. The van der Waals surface area contributed by atoms with Crippen LogP contribution in [0.5, 0.6) is 0 Å². The van der Waals surface area contributed by atoms with Crippen LogP contribution in [0.25, 0.3) is 0 Å². The quantitative estimate of drug-likeness (QED) is 0.460. The van der Waals surface area contributed by atoms with Gasteiger partial charge in [-0.25, -0.2) is 0 Å². The molecule has 5 heteroatoms. The van der Waals surface area contributed by atoms with E-state index in [0.29, 0.717) is 17.7 Å². The van der Waals surface area contributed by atoms with Gasteiger partial charge >= 0.3 is 0 Å². The second-order valence-electron chi connectivity index (χ2n) is 3.70. The van der Waals surface area contributed by atoms with Gasteiger partial charge in [-0.1, -0.05) is 0 Å². The van der Waals surface area contributed by atoms with Gasteiger partial charge in [0.05, 0.1) is 4.92 Å². The second kappa shape index (κ2) is 4.75. The van der Waals surface area contributed by atoms with E-state index in [-0.39, 0.29) is 10.6 Å². The molecular formula is C10H15N3O2. The highest BCUT2D eigenvalue weighted by atomic mass is 16.6. The fourth-order valence-corrected chi connectivity index (χ4v) is 1.33. The fourth-order valence-electron chi connectivity index (χ4n) is 1.33. The van der Waals surface area contributed by atoms with Crippen molar-refractivity contribution in [3.05, 3.63) is 33.9 Å². The Kier molecular flexibility index (Phi) is 3.62. The molecular weight excluding hydrogens is 194 g/mol. The van der Waals surface area contributed by atoms with Crippen LogP contribution in [0, 0.1) is 10.1 Å². The molecule has 5 nitrogen and oxygen atoms in total. The molecule has 1 aromatic rings. The molecule has 0 fully saturated rings. The van der Waals surface area contributed by atoms with Crippen molar-refractivity contribution >= 4 is 11.4 Å². The Morgan fingerprint density at radius 3 is 2.67 bits per heavy atom. The first-order chi connectivity index (χ1) is 7.00. The molecule has 1 rings (SSSR count). The largest absolute Gasteiger partial charge is 0.399 e. The molecule has 1 aromatic carbocycles. The molecule has 0 bridgehead atoms. The van der Waals surface area contributed by atoms with Crippen molar-refractivity contribution in [3.8, 4) is 0 Å². The van der Waals surface area contributed by atoms with Gasteiger partial charge in [-0.05, 0) is 32.6 Å². The lowest BCUT2D eigenvalue weighted by Gasteiger charge is -2.09. The molecule has 15 heavy (non-hydrogen) atoms. The summed E-state index contributed by atoms with van der Waals surface area (Å²) in [6.07, 6.45) is 0.633. The number of nitro benzene ring substituents is 1. The van der Waals surface area contributed by atoms with Crippen LogP contribution in [0.3, 0.4) is 0 Å². The van der Waals surface area contributed by atoms with E-state index >= 15 is 0 Å². The van der Waals surface area contributed by atoms with Gasteiger partial charge in [-0.15, -0.1) is 0 Å². The predicted molar refractivity (Wildman–Crippen MR) is 59.8 cm³/mol. The number of hydrogen-bond donors (Lipinski definition) is 1. The standard InChI is InChI=1S/C10H15N3O2/c1-12(2)6-5-8-7-9(11)3-4-10(8)13(14)15/h3-4,7H,5-6,11H2,1-2H3. The number of anilines is 1. The lowest BCUT2D eigenvalue weighted by Crippen LogP contribution is -2.15. The van der Waals surface area contributed by atoms with Crippen molar-refractivity contribution in [2.45, 2.75) is 6.42 Å². The summed E-state index contributed by atoms with van der Waals surface area (Å²) in [5.41, 5.74) is 7.00. The number of benzene rings is 1. The fraction of sp³-hybridized carbons (Fsp3) is 0.400. The monoisotopic (exact) mass is 209 g/mol. The lowest BCUT2D eigenvalue weighted by atomic mass is 10.1. The van der Waals surface area contributed by atoms with Crippen LogP contribution in [-0.2, 0) is 6.42 Å². The van der Waals surface area contributed by atoms with Gasteiger partial charge in [0.15, 0.2) is 0 Å². The van der Waals surface area contributed by atoms with Gasteiger partial charge in [-0.2, -0.15) is 0 Å². The number of hydrogen-bond acceptors (Lipinski definition) is 4. The molecule has 0 heterocycles. The van der Waals surface area contributed by atoms with E-state index in [0.717, 1.165) is 6.54 Å². The summed E-state index contributed by atoms with van der Waals surface area (Å²) < 4.78 is 0. The van der Waals surface area contributed by atoms with Gasteiger partial charge in [0.25, 0.3) is 5.69 Å². The van der Waals surface area contributed by atoms with Crippen molar-refractivity contribution in [1.29, 1.82) is 0 Å². The Hall–Kier alpha value is -1.62. The Labute approximate surface area is 88.6 Å². The highest BCUT2D eigenvalue weighted by molar-refractivity contribution is 5.51. The van der Waals surface area contributed by atoms with E-state index in [9.17, 15) is 10.1 Å². The zero-order valence-corrected chi connectivity index (χ0v) is 8.93. The van der Waals surface area contributed by atoms with Crippen LogP contribution in [0.1, 0.15) is 5.56 Å². The van der Waals surface area contributed by atoms with Gasteiger partial charge in [0.2, 0.25) is 0 Å². The maximum Gasteiger partial charge on any atom is 0.272 e. The molecule has 0 saturated carbocycles. The maximum atomic E-state index is 10.7. The molecule has 0 aliphatic rings. The average Bonchev–Trinajstić information content (AvgIpc) is 2.14. The predicted octanol–water partition coefficient (Wildman–Crippen LogP) is 1.28. The third-order valence-corrected chi connectivity index (χ3v) is 2.13. The Bertz CT molecular complexity index is 364.